The Hall–Kier alpha value is 0.490. The highest BCUT2D eigenvalue weighted by Crippen LogP contribution is 1.79. The van der Waals surface area contributed by atoms with Gasteiger partial charge in [0, 0.05) is 18.4 Å². The van der Waals surface area contributed by atoms with E-state index in [1.165, 1.54) is 0 Å². The first kappa shape index (κ1) is 5.62. The Kier molecular flexibility index (Phi) is 2.18. The molecule has 0 amide bonds. The third-order valence-corrected chi connectivity index (χ3v) is 2.54. The van der Waals surface area contributed by atoms with Gasteiger partial charge in [-0.15, -0.1) is 0 Å². The Morgan fingerprint density at radius 2 is 1.86 bits per heavy atom. The molecule has 7 heavy (non-hydrogen) atoms. The molecule has 0 aromatic heterocycles. The topological polar surface area (TPSA) is 24.1 Å². The fraction of sp³-hybridized carbons (Fsp3) is 1.00. The predicted octanol–water partition coefficient (Wildman–Crippen LogP) is -0.868. The van der Waals surface area contributed by atoms with Crippen LogP contribution in [0.3, 0.4) is 0 Å². The Labute approximate surface area is 50.3 Å². The largest absolute Gasteiger partial charge is 0.295 e. The Morgan fingerprint density at radius 1 is 1.29 bits per heavy atom. The fourth-order valence-corrected chi connectivity index (χ4v) is 1.73. The average Bonchev–Trinajstić information content (AvgIpc) is 1.69. The number of hydrogen-bond acceptors (Lipinski definition) is 3. The molecule has 2 nitrogen and oxygen atoms in total. The zero-order valence-corrected chi connectivity index (χ0v) is 5.57. The van der Waals surface area contributed by atoms with Crippen LogP contribution in [0.1, 0.15) is 0 Å². The minimum absolute atomic E-state index is 0.171. The first-order chi connectivity index (χ1) is 3.39. The van der Waals surface area contributed by atoms with Gasteiger partial charge in [0.2, 0.25) is 0 Å². The van der Waals surface area contributed by atoms with Crippen molar-refractivity contribution in [3.05, 3.63) is 0 Å². The minimum Gasteiger partial charge on any atom is -0.295 e. The molecular formula is C3H8N2S2. The van der Waals surface area contributed by atoms with Crippen molar-refractivity contribution in [3.8, 4) is 0 Å². The molecule has 2 N–H and O–H groups in total. The van der Waals surface area contributed by atoms with Crippen molar-refractivity contribution in [1.29, 1.82) is 0 Å². The summed E-state index contributed by atoms with van der Waals surface area (Å²) in [4.78, 5) is 0. The second kappa shape index (κ2) is 2.71. The van der Waals surface area contributed by atoms with Crippen LogP contribution in [0.25, 0.3) is 0 Å². The molecule has 1 fully saturated rings. The highest BCUT2D eigenvalue weighted by molar-refractivity contribution is 8.28. The number of rotatable bonds is 0. The van der Waals surface area contributed by atoms with Gasteiger partial charge in [-0.3, -0.25) is 10.6 Å². The summed E-state index contributed by atoms with van der Waals surface area (Å²) in [7, 11) is 0.171. The van der Waals surface area contributed by atoms with Crippen molar-refractivity contribution in [2.75, 3.05) is 18.4 Å². The van der Waals surface area contributed by atoms with E-state index >= 15 is 0 Å². The van der Waals surface area contributed by atoms with Crippen LogP contribution in [0.2, 0.25) is 0 Å². The first-order valence-corrected chi connectivity index (χ1v) is 4.65. The molecule has 0 spiro atoms. The van der Waals surface area contributed by atoms with E-state index in [4.69, 9.17) is 11.2 Å². The fourth-order valence-electron chi connectivity index (χ4n) is 0.469. The molecule has 1 saturated heterocycles. The summed E-state index contributed by atoms with van der Waals surface area (Å²) in [6, 6.07) is 0. The second-order valence-corrected chi connectivity index (χ2v) is 4.28. The monoisotopic (exact) mass is 136 g/mol. The van der Waals surface area contributed by atoms with E-state index in [9.17, 15) is 0 Å². The van der Waals surface area contributed by atoms with Crippen LogP contribution in [0.4, 0.5) is 0 Å². The maximum Gasteiger partial charge on any atom is 0.0487 e. The molecule has 1 aliphatic heterocycles. The van der Waals surface area contributed by atoms with Crippen molar-refractivity contribution >= 4 is 20.6 Å². The molecule has 0 aromatic rings. The number of hydrogen-bond donors (Lipinski definition) is 2. The lowest BCUT2D eigenvalue weighted by Crippen LogP contribution is -2.40. The minimum atomic E-state index is 0.171. The summed E-state index contributed by atoms with van der Waals surface area (Å²) in [5, 5.41) is 6.26. The second-order valence-electron chi connectivity index (χ2n) is 1.41. The van der Waals surface area contributed by atoms with E-state index in [0.717, 1.165) is 18.4 Å². The molecule has 4 heteroatoms. The normalized spacial score (nSPS) is 25.1. The van der Waals surface area contributed by atoms with Gasteiger partial charge in [-0.25, -0.2) is 0 Å². The zero-order valence-electron chi connectivity index (χ0n) is 3.94. The van der Waals surface area contributed by atoms with Gasteiger partial charge in [0.1, 0.15) is 0 Å². The third kappa shape index (κ3) is 1.82. The molecule has 0 unspecified atom stereocenters. The van der Waals surface area contributed by atoms with Crippen LogP contribution < -0.4 is 10.6 Å². The molecule has 1 rings (SSSR count). The number of nitrogens with one attached hydrogen (secondary N) is 2. The van der Waals surface area contributed by atoms with Gasteiger partial charge in [0.25, 0.3) is 0 Å². The van der Waals surface area contributed by atoms with E-state index in [-0.39, 0.29) is 9.45 Å². The van der Waals surface area contributed by atoms with Crippen molar-refractivity contribution < 1.29 is 0 Å². The van der Waals surface area contributed by atoms with Crippen LogP contribution in [0, 0.1) is 0 Å². The van der Waals surface area contributed by atoms with E-state index in [1.54, 1.807) is 0 Å². The van der Waals surface area contributed by atoms with Gasteiger partial charge in [-0.1, -0.05) is 9.45 Å². The summed E-state index contributed by atoms with van der Waals surface area (Å²) in [6.45, 7) is 0.931. The molecule has 0 bridgehead atoms. The highest BCUT2D eigenvalue weighted by atomic mass is 32.8. The lowest BCUT2D eigenvalue weighted by Gasteiger charge is -2.14. The smallest absolute Gasteiger partial charge is 0.0487 e. The van der Waals surface area contributed by atoms with Crippen LogP contribution in [0.5, 0.6) is 0 Å². The lowest BCUT2D eigenvalue weighted by molar-refractivity contribution is 0.660. The lowest BCUT2D eigenvalue weighted by atomic mass is 11.0. The van der Waals surface area contributed by atoms with Gasteiger partial charge in [0.05, 0.1) is 0 Å². The Bertz CT molecular complexity index is 75.0. The van der Waals surface area contributed by atoms with Gasteiger partial charge in [0.15, 0.2) is 0 Å². The highest BCUT2D eigenvalue weighted by Gasteiger charge is 1.97. The third-order valence-electron chi connectivity index (χ3n) is 0.776. The average molecular weight is 136 g/mol. The van der Waals surface area contributed by atoms with Crippen LogP contribution in [0.15, 0.2) is 0 Å². The van der Waals surface area contributed by atoms with E-state index in [1.807, 2.05) is 0 Å². The maximum absolute atomic E-state index is 4.99. The maximum atomic E-state index is 4.99. The van der Waals surface area contributed by atoms with Gasteiger partial charge < -0.3 is 0 Å². The summed E-state index contributed by atoms with van der Waals surface area (Å²) in [6.07, 6.45) is 0. The summed E-state index contributed by atoms with van der Waals surface area (Å²) >= 11 is 4.99. The van der Waals surface area contributed by atoms with E-state index in [0.29, 0.717) is 0 Å². The van der Waals surface area contributed by atoms with Gasteiger partial charge >= 0.3 is 0 Å². The van der Waals surface area contributed by atoms with Gasteiger partial charge in [-0.05, 0) is 11.2 Å². The predicted molar refractivity (Wildman–Crippen MR) is 35.6 cm³/mol. The standard InChI is InChI=1S/C3H8N2S2/c6-7-2-4-1-5-3-7/h4-5H,1-3H2. The zero-order chi connectivity index (χ0) is 5.11. The molecular weight excluding hydrogens is 128 g/mol. The van der Waals surface area contributed by atoms with E-state index in [2.05, 4.69) is 10.6 Å². The molecule has 0 radical (unpaired) electrons. The van der Waals surface area contributed by atoms with E-state index < -0.39 is 0 Å². The Morgan fingerprint density at radius 3 is 2.14 bits per heavy atom. The van der Waals surface area contributed by atoms with Crippen molar-refractivity contribution in [1.82, 2.24) is 10.6 Å². The van der Waals surface area contributed by atoms with Crippen molar-refractivity contribution in [2.45, 2.75) is 0 Å². The molecule has 1 aliphatic rings. The van der Waals surface area contributed by atoms with Crippen molar-refractivity contribution in [2.24, 2.45) is 0 Å². The molecule has 42 valence electrons. The molecule has 0 aliphatic carbocycles. The summed E-state index contributed by atoms with van der Waals surface area (Å²) in [5.41, 5.74) is 0. The van der Waals surface area contributed by atoms with Gasteiger partial charge in [-0.2, -0.15) is 0 Å². The van der Waals surface area contributed by atoms with Crippen LogP contribution in [-0.4, -0.2) is 18.4 Å². The molecule has 0 aromatic carbocycles. The first-order valence-electron chi connectivity index (χ1n) is 2.16. The van der Waals surface area contributed by atoms with Crippen molar-refractivity contribution in [3.63, 3.8) is 0 Å². The Balaban J connectivity index is 2.25. The summed E-state index contributed by atoms with van der Waals surface area (Å²) in [5.74, 6) is 2.03. The van der Waals surface area contributed by atoms with Crippen LogP contribution in [-0.2, 0) is 20.6 Å². The molecule has 0 atom stereocenters. The quantitative estimate of drug-likeness (QED) is 0.453. The van der Waals surface area contributed by atoms with Crippen LogP contribution >= 0.6 is 0 Å². The SMILES string of the molecule is S=S1CNCNC1. The molecule has 1 heterocycles. The summed E-state index contributed by atoms with van der Waals surface area (Å²) < 4.78 is 0. The molecule has 0 saturated carbocycles.